The van der Waals surface area contributed by atoms with Crippen LogP contribution in [0.3, 0.4) is 0 Å². The maximum Gasteiger partial charge on any atom is 0.342 e. The molecule has 11 heteroatoms. The van der Waals surface area contributed by atoms with Gasteiger partial charge in [-0.1, -0.05) is 24.3 Å². The third kappa shape index (κ3) is 9.99. The van der Waals surface area contributed by atoms with Crippen LogP contribution >= 0.6 is 0 Å². The summed E-state index contributed by atoms with van der Waals surface area (Å²) in [6, 6.07) is 3.36. The second-order valence-electron chi connectivity index (χ2n) is 8.35. The highest BCUT2D eigenvalue weighted by molar-refractivity contribution is 5.97. The molecule has 1 aromatic rings. The first-order chi connectivity index (χ1) is 18.5. The summed E-state index contributed by atoms with van der Waals surface area (Å²) in [6.45, 7) is 1.85. The number of esters is 1. The highest BCUT2D eigenvalue weighted by Gasteiger charge is 2.31. The Hall–Kier alpha value is -2.51. The van der Waals surface area contributed by atoms with Gasteiger partial charge in [-0.05, 0) is 25.0 Å². The van der Waals surface area contributed by atoms with Crippen LogP contribution in [0.1, 0.15) is 35.7 Å². The predicted octanol–water partition coefficient (Wildman–Crippen LogP) is 3.55. The SMILES string of the molecule is COCOc1cc(OC)cc2c1C(=O)O[C@@H](C)C/C=C\[C@@H](OCOC)[C@@H](OCOC)[C@@H](OCOC)C/C=C/2. The molecule has 0 spiro atoms. The summed E-state index contributed by atoms with van der Waals surface area (Å²) in [5, 5.41) is 0. The van der Waals surface area contributed by atoms with E-state index in [0.29, 0.717) is 24.2 Å². The van der Waals surface area contributed by atoms with E-state index in [9.17, 15) is 4.79 Å². The third-order valence-corrected chi connectivity index (χ3v) is 5.49. The number of hydrogen-bond acceptors (Lipinski definition) is 11. The smallest absolute Gasteiger partial charge is 0.342 e. The average Bonchev–Trinajstić information content (AvgIpc) is 2.91. The lowest BCUT2D eigenvalue weighted by molar-refractivity contribution is -0.196. The number of cyclic esters (lactones) is 1. The van der Waals surface area contributed by atoms with Gasteiger partial charge in [0.2, 0.25) is 0 Å². The molecule has 11 nitrogen and oxygen atoms in total. The van der Waals surface area contributed by atoms with Crippen LogP contribution in [0.4, 0.5) is 0 Å². The van der Waals surface area contributed by atoms with Gasteiger partial charge >= 0.3 is 5.97 Å². The maximum absolute atomic E-state index is 13.3. The van der Waals surface area contributed by atoms with Gasteiger partial charge in [0.25, 0.3) is 0 Å². The highest BCUT2D eigenvalue weighted by Crippen LogP contribution is 2.32. The number of rotatable bonds is 13. The molecule has 0 amide bonds. The van der Waals surface area contributed by atoms with Crippen molar-refractivity contribution in [2.24, 2.45) is 0 Å². The van der Waals surface area contributed by atoms with E-state index in [2.05, 4.69) is 0 Å². The van der Waals surface area contributed by atoms with Crippen molar-refractivity contribution in [3.8, 4) is 11.5 Å². The Labute approximate surface area is 224 Å². The molecule has 0 bridgehead atoms. The Morgan fingerprint density at radius 3 is 2.21 bits per heavy atom. The largest absolute Gasteiger partial charge is 0.497 e. The van der Waals surface area contributed by atoms with Crippen molar-refractivity contribution in [2.75, 3.05) is 62.7 Å². The van der Waals surface area contributed by atoms with Crippen LogP contribution < -0.4 is 9.47 Å². The Balaban J connectivity index is 2.57. The minimum atomic E-state index is -0.577. The molecule has 38 heavy (non-hydrogen) atoms. The average molecular weight is 541 g/mol. The lowest BCUT2D eigenvalue weighted by Crippen LogP contribution is -2.42. The Kier molecular flexibility index (Phi) is 14.9. The van der Waals surface area contributed by atoms with Crippen molar-refractivity contribution in [3.05, 3.63) is 41.5 Å². The maximum atomic E-state index is 13.3. The number of methoxy groups -OCH3 is 5. The molecule has 0 saturated heterocycles. The fourth-order valence-electron chi connectivity index (χ4n) is 3.76. The molecule has 0 saturated carbocycles. The summed E-state index contributed by atoms with van der Waals surface area (Å²) < 4.78 is 55.4. The predicted molar refractivity (Wildman–Crippen MR) is 138 cm³/mol. The molecular formula is C27H40O11. The normalized spacial score (nSPS) is 24.1. The van der Waals surface area contributed by atoms with Gasteiger partial charge in [0.15, 0.2) is 6.79 Å². The van der Waals surface area contributed by atoms with Crippen LogP contribution in [0.2, 0.25) is 0 Å². The van der Waals surface area contributed by atoms with E-state index in [1.54, 1.807) is 39.4 Å². The molecule has 1 aliphatic rings. The Bertz CT molecular complexity index is 886. The molecule has 214 valence electrons. The van der Waals surface area contributed by atoms with Crippen LogP contribution in [0.25, 0.3) is 6.08 Å². The number of ether oxygens (including phenoxy) is 10. The third-order valence-electron chi connectivity index (χ3n) is 5.49. The molecule has 0 radical (unpaired) electrons. The van der Waals surface area contributed by atoms with E-state index in [1.807, 2.05) is 18.2 Å². The van der Waals surface area contributed by atoms with E-state index in [4.69, 9.17) is 47.4 Å². The van der Waals surface area contributed by atoms with Gasteiger partial charge in [-0.3, -0.25) is 0 Å². The molecular weight excluding hydrogens is 500 g/mol. The minimum absolute atomic E-state index is 0.0240. The molecule has 1 aliphatic heterocycles. The van der Waals surface area contributed by atoms with Crippen LogP contribution in [0, 0.1) is 0 Å². The van der Waals surface area contributed by atoms with Gasteiger partial charge in [0.05, 0.1) is 13.2 Å². The molecule has 0 fully saturated rings. The Morgan fingerprint density at radius 1 is 0.842 bits per heavy atom. The van der Waals surface area contributed by atoms with Crippen LogP contribution in [-0.4, -0.2) is 93.1 Å². The lowest BCUT2D eigenvalue weighted by Gasteiger charge is -2.31. The fraction of sp³-hybridized carbons (Fsp3) is 0.593. The first kappa shape index (κ1) is 31.7. The minimum Gasteiger partial charge on any atom is -0.497 e. The molecule has 1 aromatic carbocycles. The van der Waals surface area contributed by atoms with E-state index < -0.39 is 30.4 Å². The second-order valence-corrected chi connectivity index (χ2v) is 8.35. The van der Waals surface area contributed by atoms with Crippen LogP contribution in [-0.2, 0) is 37.9 Å². The fourth-order valence-corrected chi connectivity index (χ4v) is 3.76. The van der Waals surface area contributed by atoms with Crippen molar-refractivity contribution < 1.29 is 52.2 Å². The van der Waals surface area contributed by atoms with Crippen LogP contribution in [0.5, 0.6) is 11.5 Å². The summed E-state index contributed by atoms with van der Waals surface area (Å²) >= 11 is 0. The second kappa shape index (κ2) is 17.9. The molecule has 4 atom stereocenters. The summed E-state index contributed by atoms with van der Waals surface area (Å²) in [6.07, 6.45) is 6.09. The molecule has 0 aliphatic carbocycles. The first-order valence-corrected chi connectivity index (χ1v) is 12.2. The van der Waals surface area contributed by atoms with Gasteiger partial charge < -0.3 is 47.4 Å². The number of hydrogen-bond donors (Lipinski definition) is 0. The van der Waals surface area contributed by atoms with E-state index >= 15 is 0 Å². The summed E-state index contributed by atoms with van der Waals surface area (Å²) in [7, 11) is 7.65. The van der Waals surface area contributed by atoms with Gasteiger partial charge in [-0.25, -0.2) is 4.79 Å². The summed E-state index contributed by atoms with van der Waals surface area (Å²) in [4.78, 5) is 13.3. The van der Waals surface area contributed by atoms with E-state index in [-0.39, 0.29) is 38.5 Å². The van der Waals surface area contributed by atoms with Crippen molar-refractivity contribution in [1.29, 1.82) is 0 Å². The van der Waals surface area contributed by atoms with E-state index in [0.717, 1.165) is 0 Å². The topological polar surface area (TPSA) is 109 Å². The number of fused-ring (bicyclic) bond motifs is 1. The standard InChI is InChI=1S/C27H40O11/c1-19-9-7-11-22(34-15-29-2)26(37-18-32-5)23(35-16-30-3)12-8-10-20-13-21(33-6)14-24(36-17-31-4)25(20)27(28)38-19/h7-8,10-11,13-14,19,22-23,26H,9,12,15-18H2,1-6H3/b10-8+,11-7-/t19-,22+,23-,26+/m0/s1. The zero-order chi connectivity index (χ0) is 27.8. The molecule has 0 unspecified atom stereocenters. The van der Waals surface area contributed by atoms with Gasteiger partial charge in [-0.15, -0.1) is 0 Å². The van der Waals surface area contributed by atoms with Crippen molar-refractivity contribution in [1.82, 2.24) is 0 Å². The number of carbonyl (C=O) groups is 1. The number of benzene rings is 1. The van der Waals surface area contributed by atoms with Gasteiger partial charge in [-0.2, -0.15) is 0 Å². The zero-order valence-corrected chi connectivity index (χ0v) is 23.0. The monoisotopic (exact) mass is 540 g/mol. The van der Waals surface area contributed by atoms with Gasteiger partial charge in [0.1, 0.15) is 55.8 Å². The summed E-state index contributed by atoms with van der Waals surface area (Å²) in [5.41, 5.74) is 0.808. The first-order valence-electron chi connectivity index (χ1n) is 12.2. The lowest BCUT2D eigenvalue weighted by atomic mass is 10.0. The highest BCUT2D eigenvalue weighted by atomic mass is 16.7. The molecule has 0 aromatic heterocycles. The zero-order valence-electron chi connectivity index (χ0n) is 23.0. The number of carbonyl (C=O) groups excluding carboxylic acids is 1. The summed E-state index contributed by atoms with van der Waals surface area (Å²) in [5.74, 6) is 0.259. The van der Waals surface area contributed by atoms with E-state index in [1.165, 1.54) is 21.3 Å². The Morgan fingerprint density at radius 2 is 1.53 bits per heavy atom. The van der Waals surface area contributed by atoms with Crippen LogP contribution in [0.15, 0.2) is 30.4 Å². The van der Waals surface area contributed by atoms with Gasteiger partial charge in [0, 0.05) is 40.9 Å². The van der Waals surface area contributed by atoms with Crippen molar-refractivity contribution in [2.45, 2.75) is 44.2 Å². The molecule has 0 N–H and O–H groups in total. The van der Waals surface area contributed by atoms with Crippen molar-refractivity contribution >= 4 is 12.0 Å². The van der Waals surface area contributed by atoms with Crippen molar-refractivity contribution in [3.63, 3.8) is 0 Å². The molecule has 1 heterocycles. The molecule has 2 rings (SSSR count). The quantitative estimate of drug-likeness (QED) is 0.208.